The molecule has 0 aliphatic heterocycles. The molecule has 0 atom stereocenters. The summed E-state index contributed by atoms with van der Waals surface area (Å²) in [6.07, 6.45) is 5.15. The first-order valence-corrected chi connectivity index (χ1v) is 6.15. The summed E-state index contributed by atoms with van der Waals surface area (Å²) < 4.78 is 0. The van der Waals surface area contributed by atoms with E-state index in [1.165, 1.54) is 0 Å². The number of rotatable bonds is 4. The number of pyridine rings is 1. The zero-order valence-electron chi connectivity index (χ0n) is 10.8. The van der Waals surface area contributed by atoms with E-state index in [1.54, 1.807) is 6.07 Å². The van der Waals surface area contributed by atoms with E-state index in [-0.39, 0.29) is 5.43 Å². The SMILES string of the molecule is CNCCC=Cc1ccc2[nH]c(C)cc(=O)c2c1. The normalized spacial score (nSPS) is 11.4. The van der Waals surface area contributed by atoms with E-state index >= 15 is 0 Å². The zero-order valence-corrected chi connectivity index (χ0v) is 10.8. The van der Waals surface area contributed by atoms with E-state index in [2.05, 4.69) is 22.5 Å². The molecule has 3 nitrogen and oxygen atoms in total. The van der Waals surface area contributed by atoms with Gasteiger partial charge >= 0.3 is 0 Å². The molecule has 0 saturated carbocycles. The highest BCUT2D eigenvalue weighted by Gasteiger charge is 2.00. The lowest BCUT2D eigenvalue weighted by Gasteiger charge is -2.01. The monoisotopic (exact) mass is 242 g/mol. The molecule has 0 unspecified atom stereocenters. The molecular formula is C15H18N2O. The maximum Gasteiger partial charge on any atom is 0.189 e. The Kier molecular flexibility index (Phi) is 3.95. The van der Waals surface area contributed by atoms with Crippen LogP contribution in [0.15, 0.2) is 35.1 Å². The van der Waals surface area contributed by atoms with Gasteiger partial charge in [-0.15, -0.1) is 0 Å². The lowest BCUT2D eigenvalue weighted by atomic mass is 10.1. The summed E-state index contributed by atoms with van der Waals surface area (Å²) in [5.41, 5.74) is 2.93. The third kappa shape index (κ3) is 2.87. The first-order valence-electron chi connectivity index (χ1n) is 6.15. The van der Waals surface area contributed by atoms with Crippen molar-refractivity contribution in [3.63, 3.8) is 0 Å². The van der Waals surface area contributed by atoms with Crippen LogP contribution in [0, 0.1) is 6.92 Å². The second-order valence-electron chi connectivity index (χ2n) is 4.42. The number of H-pyrrole nitrogens is 1. The molecule has 3 heteroatoms. The molecule has 1 heterocycles. The number of aromatic amines is 1. The highest BCUT2D eigenvalue weighted by molar-refractivity contribution is 5.81. The van der Waals surface area contributed by atoms with Gasteiger partial charge in [-0.3, -0.25) is 4.79 Å². The van der Waals surface area contributed by atoms with Crippen LogP contribution in [0.5, 0.6) is 0 Å². The molecule has 2 rings (SSSR count). The quantitative estimate of drug-likeness (QED) is 0.809. The number of hydrogen-bond acceptors (Lipinski definition) is 2. The third-order valence-electron chi connectivity index (χ3n) is 2.86. The summed E-state index contributed by atoms with van der Waals surface area (Å²) in [6, 6.07) is 7.55. The Labute approximate surface area is 107 Å². The van der Waals surface area contributed by atoms with Crippen LogP contribution in [-0.4, -0.2) is 18.6 Å². The first-order chi connectivity index (χ1) is 8.70. The summed E-state index contributed by atoms with van der Waals surface area (Å²) >= 11 is 0. The van der Waals surface area contributed by atoms with Gasteiger partial charge in [-0.2, -0.15) is 0 Å². The number of benzene rings is 1. The van der Waals surface area contributed by atoms with Crippen LogP contribution in [0.1, 0.15) is 17.7 Å². The molecule has 0 fully saturated rings. The molecule has 0 saturated heterocycles. The van der Waals surface area contributed by atoms with Crippen molar-refractivity contribution in [3.05, 3.63) is 51.8 Å². The molecule has 0 bridgehead atoms. The van der Waals surface area contributed by atoms with Crippen LogP contribution in [0.3, 0.4) is 0 Å². The molecular weight excluding hydrogens is 224 g/mol. The van der Waals surface area contributed by atoms with Crippen molar-refractivity contribution in [2.45, 2.75) is 13.3 Å². The van der Waals surface area contributed by atoms with Gasteiger partial charge in [0, 0.05) is 22.7 Å². The summed E-state index contributed by atoms with van der Waals surface area (Å²) in [5.74, 6) is 0. The predicted octanol–water partition coefficient (Wildman–Crippen LogP) is 2.46. The highest BCUT2D eigenvalue weighted by atomic mass is 16.1. The van der Waals surface area contributed by atoms with E-state index in [0.717, 1.165) is 35.1 Å². The van der Waals surface area contributed by atoms with E-state index in [0.29, 0.717) is 0 Å². The van der Waals surface area contributed by atoms with Crippen molar-refractivity contribution in [1.82, 2.24) is 10.3 Å². The largest absolute Gasteiger partial charge is 0.358 e. The summed E-state index contributed by atoms with van der Waals surface area (Å²) in [7, 11) is 1.94. The molecule has 2 N–H and O–H groups in total. The Morgan fingerprint density at radius 1 is 1.33 bits per heavy atom. The molecule has 0 amide bonds. The minimum atomic E-state index is 0.0757. The number of fused-ring (bicyclic) bond motifs is 1. The van der Waals surface area contributed by atoms with Gasteiger partial charge in [0.2, 0.25) is 0 Å². The highest BCUT2D eigenvalue weighted by Crippen LogP contribution is 2.12. The fourth-order valence-electron chi connectivity index (χ4n) is 1.95. The fourth-order valence-corrected chi connectivity index (χ4v) is 1.95. The lowest BCUT2D eigenvalue weighted by molar-refractivity contribution is 0.809. The number of nitrogens with one attached hydrogen (secondary N) is 2. The smallest absolute Gasteiger partial charge is 0.189 e. The van der Waals surface area contributed by atoms with Crippen LogP contribution >= 0.6 is 0 Å². The van der Waals surface area contributed by atoms with Crippen molar-refractivity contribution in [2.75, 3.05) is 13.6 Å². The molecule has 0 aliphatic rings. The standard InChI is InChI=1S/C15H18N2O/c1-11-9-15(18)13-10-12(5-3-4-8-16-2)6-7-14(13)17-11/h3,5-7,9-10,16H,4,8H2,1-2H3,(H,17,18). The van der Waals surface area contributed by atoms with Gasteiger partial charge in [-0.25, -0.2) is 0 Å². The van der Waals surface area contributed by atoms with Gasteiger partial charge in [0.25, 0.3) is 0 Å². The molecule has 0 radical (unpaired) electrons. The van der Waals surface area contributed by atoms with Gasteiger partial charge in [-0.05, 0) is 44.6 Å². The Morgan fingerprint density at radius 2 is 2.17 bits per heavy atom. The van der Waals surface area contributed by atoms with Gasteiger partial charge in [0.1, 0.15) is 0 Å². The molecule has 0 spiro atoms. The van der Waals surface area contributed by atoms with Crippen molar-refractivity contribution < 1.29 is 0 Å². The topological polar surface area (TPSA) is 44.9 Å². The summed E-state index contributed by atoms with van der Waals surface area (Å²) in [6.45, 7) is 2.86. The molecule has 18 heavy (non-hydrogen) atoms. The van der Waals surface area contributed by atoms with Crippen LogP contribution < -0.4 is 10.7 Å². The second kappa shape index (κ2) is 5.65. The fraction of sp³-hybridized carbons (Fsp3) is 0.267. The van der Waals surface area contributed by atoms with Crippen LogP contribution in [0.25, 0.3) is 17.0 Å². The number of aromatic nitrogens is 1. The van der Waals surface area contributed by atoms with Crippen LogP contribution in [0.2, 0.25) is 0 Å². The average Bonchev–Trinajstić information content (AvgIpc) is 2.35. The van der Waals surface area contributed by atoms with Crippen molar-refractivity contribution in [2.24, 2.45) is 0 Å². The maximum atomic E-state index is 11.9. The number of aryl methyl sites for hydroxylation is 1. The minimum absolute atomic E-state index is 0.0757. The molecule has 1 aromatic heterocycles. The van der Waals surface area contributed by atoms with E-state index in [4.69, 9.17) is 0 Å². The predicted molar refractivity (Wildman–Crippen MR) is 76.9 cm³/mol. The molecule has 94 valence electrons. The summed E-state index contributed by atoms with van der Waals surface area (Å²) in [5, 5.41) is 3.84. The first kappa shape index (κ1) is 12.6. The molecule has 1 aromatic carbocycles. The van der Waals surface area contributed by atoms with Crippen molar-refractivity contribution in [3.8, 4) is 0 Å². The van der Waals surface area contributed by atoms with E-state index in [1.807, 2.05) is 32.2 Å². The van der Waals surface area contributed by atoms with Crippen LogP contribution in [0.4, 0.5) is 0 Å². The van der Waals surface area contributed by atoms with E-state index < -0.39 is 0 Å². The molecule has 2 aromatic rings. The van der Waals surface area contributed by atoms with Gasteiger partial charge < -0.3 is 10.3 Å². The Hall–Kier alpha value is -1.87. The van der Waals surface area contributed by atoms with E-state index in [9.17, 15) is 4.79 Å². The van der Waals surface area contributed by atoms with Crippen LogP contribution in [-0.2, 0) is 0 Å². The zero-order chi connectivity index (χ0) is 13.0. The Bertz CT molecular complexity index is 626. The van der Waals surface area contributed by atoms with Gasteiger partial charge in [0.05, 0.1) is 0 Å². The average molecular weight is 242 g/mol. The van der Waals surface area contributed by atoms with Crippen molar-refractivity contribution >= 4 is 17.0 Å². The van der Waals surface area contributed by atoms with Gasteiger partial charge in [0.15, 0.2) is 5.43 Å². The summed E-state index contributed by atoms with van der Waals surface area (Å²) in [4.78, 5) is 15.1. The lowest BCUT2D eigenvalue weighted by Crippen LogP contribution is -2.05. The van der Waals surface area contributed by atoms with Crippen molar-refractivity contribution in [1.29, 1.82) is 0 Å². The number of hydrogen-bond donors (Lipinski definition) is 2. The Balaban J connectivity index is 2.33. The molecule has 0 aliphatic carbocycles. The third-order valence-corrected chi connectivity index (χ3v) is 2.86. The maximum absolute atomic E-state index is 11.9. The van der Waals surface area contributed by atoms with Gasteiger partial charge in [-0.1, -0.05) is 18.2 Å². The minimum Gasteiger partial charge on any atom is -0.358 e. The second-order valence-corrected chi connectivity index (χ2v) is 4.42. The Morgan fingerprint density at radius 3 is 2.94 bits per heavy atom.